The van der Waals surface area contributed by atoms with Gasteiger partial charge in [0.05, 0.1) is 18.5 Å². The predicted molar refractivity (Wildman–Crippen MR) is 94.6 cm³/mol. The quantitative estimate of drug-likeness (QED) is 0.705. The van der Waals surface area contributed by atoms with Crippen LogP contribution >= 0.6 is 0 Å². The van der Waals surface area contributed by atoms with E-state index in [-0.39, 0.29) is 12.5 Å². The van der Waals surface area contributed by atoms with Crippen molar-refractivity contribution in [3.63, 3.8) is 0 Å². The third-order valence-corrected chi connectivity index (χ3v) is 4.58. The summed E-state index contributed by atoms with van der Waals surface area (Å²) in [6.45, 7) is 2.91. The normalized spacial score (nSPS) is 17.7. The van der Waals surface area contributed by atoms with Crippen LogP contribution in [0.1, 0.15) is 36.2 Å². The van der Waals surface area contributed by atoms with Crippen molar-refractivity contribution in [3.05, 3.63) is 42.2 Å². The van der Waals surface area contributed by atoms with E-state index >= 15 is 0 Å². The maximum Gasteiger partial charge on any atom is 0.273 e. The lowest BCUT2D eigenvalue weighted by atomic mass is 10.2. The summed E-state index contributed by atoms with van der Waals surface area (Å²) in [4.78, 5) is 15.9. The van der Waals surface area contributed by atoms with Gasteiger partial charge in [-0.2, -0.15) is 9.90 Å². The zero-order valence-corrected chi connectivity index (χ0v) is 14.3. The number of nitrogens with one attached hydrogen (secondary N) is 1. The first kappa shape index (κ1) is 17.6. The number of aliphatic hydroxyl groups excluding tert-OH is 1. The van der Waals surface area contributed by atoms with Gasteiger partial charge in [-0.3, -0.25) is 9.69 Å². The first-order chi connectivity index (χ1) is 12.3. The van der Waals surface area contributed by atoms with Gasteiger partial charge in [-0.25, -0.2) is 0 Å². The van der Waals surface area contributed by atoms with Gasteiger partial charge < -0.3 is 10.4 Å². The number of benzene rings is 1. The van der Waals surface area contributed by atoms with Crippen molar-refractivity contribution in [3.8, 4) is 5.69 Å². The topological polar surface area (TPSA) is 83.3 Å². The smallest absolute Gasteiger partial charge is 0.273 e. The second-order valence-corrected chi connectivity index (χ2v) is 6.33. The Hall–Kier alpha value is -2.25. The number of unbranched alkanes of at least 4 members (excludes halogenated alkanes) is 1. The third-order valence-electron chi connectivity index (χ3n) is 4.58. The van der Waals surface area contributed by atoms with Crippen molar-refractivity contribution in [1.29, 1.82) is 0 Å². The van der Waals surface area contributed by atoms with E-state index in [2.05, 4.69) is 20.4 Å². The Morgan fingerprint density at radius 1 is 1.28 bits per heavy atom. The Morgan fingerprint density at radius 2 is 2.12 bits per heavy atom. The van der Waals surface area contributed by atoms with E-state index in [4.69, 9.17) is 0 Å². The van der Waals surface area contributed by atoms with E-state index in [0.29, 0.717) is 18.3 Å². The minimum Gasteiger partial charge on any atom is -0.395 e. The van der Waals surface area contributed by atoms with Crippen LogP contribution in [0, 0.1) is 0 Å². The molecule has 2 aromatic rings. The lowest BCUT2D eigenvalue weighted by molar-refractivity contribution is 0.0946. The van der Waals surface area contributed by atoms with Crippen LogP contribution in [-0.2, 0) is 0 Å². The Kier molecular flexibility index (Phi) is 6.14. The predicted octanol–water partition coefficient (Wildman–Crippen LogP) is 1.23. The SMILES string of the molecule is O=C(NCCCCN1CCCC1CO)c1cnn(-c2ccccc2)n1. The van der Waals surface area contributed by atoms with Crippen LogP contribution in [0.15, 0.2) is 36.5 Å². The highest BCUT2D eigenvalue weighted by Gasteiger charge is 2.22. The molecule has 2 heterocycles. The molecule has 1 aliphatic heterocycles. The molecule has 1 unspecified atom stereocenters. The summed E-state index contributed by atoms with van der Waals surface area (Å²) in [6.07, 6.45) is 5.66. The van der Waals surface area contributed by atoms with Crippen LogP contribution in [0.5, 0.6) is 0 Å². The third kappa shape index (κ3) is 4.64. The first-order valence-electron chi connectivity index (χ1n) is 8.89. The van der Waals surface area contributed by atoms with Gasteiger partial charge in [-0.15, -0.1) is 5.10 Å². The summed E-state index contributed by atoms with van der Waals surface area (Å²) in [7, 11) is 0. The number of likely N-dealkylation sites (tertiary alicyclic amines) is 1. The van der Waals surface area contributed by atoms with Gasteiger partial charge >= 0.3 is 0 Å². The Labute approximate surface area is 147 Å². The lowest BCUT2D eigenvalue weighted by Gasteiger charge is -2.22. The van der Waals surface area contributed by atoms with Crippen molar-refractivity contribution in [2.45, 2.75) is 31.7 Å². The molecule has 1 atom stereocenters. The zero-order chi connectivity index (χ0) is 17.5. The van der Waals surface area contributed by atoms with Gasteiger partial charge in [0.1, 0.15) is 0 Å². The number of rotatable bonds is 8. The molecule has 1 aliphatic rings. The minimum absolute atomic E-state index is 0.198. The molecular weight excluding hydrogens is 318 g/mol. The van der Waals surface area contributed by atoms with E-state index in [0.717, 1.165) is 38.0 Å². The zero-order valence-electron chi connectivity index (χ0n) is 14.3. The average molecular weight is 343 g/mol. The van der Waals surface area contributed by atoms with Crippen molar-refractivity contribution in [1.82, 2.24) is 25.2 Å². The number of para-hydroxylation sites is 1. The average Bonchev–Trinajstić information content (AvgIpc) is 3.31. The van der Waals surface area contributed by atoms with Gasteiger partial charge in [0, 0.05) is 12.6 Å². The van der Waals surface area contributed by atoms with Crippen LogP contribution in [0.2, 0.25) is 0 Å². The standard InChI is InChI=1S/C18H25N5O2/c24-14-16-9-6-12-22(16)11-5-4-10-19-18(25)17-13-20-23(21-17)15-7-2-1-3-8-15/h1-3,7-8,13,16,24H,4-6,9-12,14H2,(H,19,25). The maximum absolute atomic E-state index is 12.1. The monoisotopic (exact) mass is 343 g/mol. The summed E-state index contributed by atoms with van der Waals surface area (Å²) < 4.78 is 0. The van der Waals surface area contributed by atoms with Crippen molar-refractivity contribution in [2.75, 3.05) is 26.2 Å². The summed E-state index contributed by atoms with van der Waals surface area (Å²) >= 11 is 0. The fourth-order valence-corrected chi connectivity index (χ4v) is 3.18. The molecule has 7 nitrogen and oxygen atoms in total. The molecule has 0 aliphatic carbocycles. The highest BCUT2D eigenvalue weighted by molar-refractivity contribution is 5.91. The van der Waals surface area contributed by atoms with Gasteiger partial charge in [0.25, 0.3) is 5.91 Å². The maximum atomic E-state index is 12.1. The Bertz CT molecular complexity index is 673. The van der Waals surface area contributed by atoms with E-state index in [1.165, 1.54) is 17.4 Å². The van der Waals surface area contributed by atoms with E-state index in [1.807, 2.05) is 30.3 Å². The van der Waals surface area contributed by atoms with Crippen LogP contribution in [0.25, 0.3) is 5.69 Å². The van der Waals surface area contributed by atoms with Gasteiger partial charge in [-0.05, 0) is 50.9 Å². The molecule has 2 N–H and O–H groups in total. The lowest BCUT2D eigenvalue weighted by Crippen LogP contribution is -2.33. The van der Waals surface area contributed by atoms with E-state index in [9.17, 15) is 9.90 Å². The number of hydrogen-bond acceptors (Lipinski definition) is 5. The van der Waals surface area contributed by atoms with Crippen molar-refractivity contribution in [2.24, 2.45) is 0 Å². The van der Waals surface area contributed by atoms with E-state index < -0.39 is 0 Å². The van der Waals surface area contributed by atoms with Crippen LogP contribution < -0.4 is 5.32 Å². The number of carbonyl (C=O) groups is 1. The number of aliphatic hydroxyl groups is 1. The molecule has 0 spiro atoms. The molecule has 3 rings (SSSR count). The number of nitrogens with zero attached hydrogens (tertiary/aromatic N) is 4. The summed E-state index contributed by atoms with van der Waals surface area (Å²) in [5, 5.41) is 20.6. The minimum atomic E-state index is -0.198. The molecular formula is C18H25N5O2. The first-order valence-corrected chi connectivity index (χ1v) is 8.89. The molecule has 0 radical (unpaired) electrons. The summed E-state index contributed by atoms with van der Waals surface area (Å²) in [6, 6.07) is 9.83. The number of carbonyl (C=O) groups excluding carboxylic acids is 1. The fourth-order valence-electron chi connectivity index (χ4n) is 3.18. The Balaban J connectivity index is 1.39. The molecule has 134 valence electrons. The number of aromatic nitrogens is 3. The van der Waals surface area contributed by atoms with E-state index in [1.54, 1.807) is 0 Å². The molecule has 1 saturated heterocycles. The van der Waals surface area contributed by atoms with Crippen LogP contribution in [-0.4, -0.2) is 63.2 Å². The number of hydrogen-bond donors (Lipinski definition) is 2. The van der Waals surface area contributed by atoms with Gasteiger partial charge in [0.2, 0.25) is 0 Å². The Morgan fingerprint density at radius 3 is 2.92 bits per heavy atom. The molecule has 7 heteroatoms. The molecule has 0 saturated carbocycles. The molecule has 1 aromatic carbocycles. The molecule has 1 amide bonds. The second-order valence-electron chi connectivity index (χ2n) is 6.33. The molecule has 0 bridgehead atoms. The van der Waals surface area contributed by atoms with Crippen LogP contribution in [0.4, 0.5) is 0 Å². The molecule has 25 heavy (non-hydrogen) atoms. The van der Waals surface area contributed by atoms with Gasteiger partial charge in [0.15, 0.2) is 5.69 Å². The van der Waals surface area contributed by atoms with Gasteiger partial charge in [-0.1, -0.05) is 18.2 Å². The highest BCUT2D eigenvalue weighted by atomic mass is 16.3. The fraction of sp³-hybridized carbons (Fsp3) is 0.500. The molecule has 1 fully saturated rings. The van der Waals surface area contributed by atoms with Crippen molar-refractivity contribution >= 4 is 5.91 Å². The second kappa shape index (κ2) is 8.73. The molecule has 1 aromatic heterocycles. The van der Waals surface area contributed by atoms with Crippen LogP contribution in [0.3, 0.4) is 0 Å². The number of amides is 1. The largest absolute Gasteiger partial charge is 0.395 e. The summed E-state index contributed by atoms with van der Waals surface area (Å²) in [5.41, 5.74) is 1.15. The van der Waals surface area contributed by atoms with Crippen molar-refractivity contribution < 1.29 is 9.90 Å². The highest BCUT2D eigenvalue weighted by Crippen LogP contribution is 2.16. The summed E-state index contributed by atoms with van der Waals surface area (Å²) in [5.74, 6) is -0.198.